The Labute approximate surface area is 190 Å². The van der Waals surface area contributed by atoms with Crippen LogP contribution in [0.25, 0.3) is 28.3 Å². The summed E-state index contributed by atoms with van der Waals surface area (Å²) < 4.78 is 1.69. The molecular weight excluding hydrogens is 414 g/mol. The maximum atomic E-state index is 12.5. The topological polar surface area (TPSA) is 97.1 Å². The monoisotopic (exact) mass is 435 g/mol. The van der Waals surface area contributed by atoms with E-state index in [4.69, 9.17) is 5.10 Å². The summed E-state index contributed by atoms with van der Waals surface area (Å²) in [4.78, 5) is 16.7. The van der Waals surface area contributed by atoms with Crippen LogP contribution in [-0.4, -0.2) is 30.8 Å². The summed E-state index contributed by atoms with van der Waals surface area (Å²) in [6, 6.07) is 20.7. The van der Waals surface area contributed by atoms with Crippen molar-refractivity contribution < 1.29 is 4.79 Å². The Hall–Kier alpha value is -4.59. The van der Waals surface area contributed by atoms with E-state index in [1.807, 2.05) is 74.5 Å². The maximum absolute atomic E-state index is 12.5. The van der Waals surface area contributed by atoms with E-state index >= 15 is 0 Å². The maximum Gasteiger partial charge on any atom is 0.323 e. The summed E-state index contributed by atoms with van der Waals surface area (Å²) in [7, 11) is 0. The molecule has 5 rings (SSSR count). The molecule has 3 aromatic heterocycles. The van der Waals surface area contributed by atoms with Crippen molar-refractivity contribution in [3.05, 3.63) is 90.3 Å². The molecule has 0 atom stereocenters. The van der Waals surface area contributed by atoms with Gasteiger partial charge in [-0.2, -0.15) is 9.61 Å². The zero-order valence-electron chi connectivity index (χ0n) is 18.1. The van der Waals surface area contributed by atoms with Crippen LogP contribution in [0.1, 0.15) is 11.1 Å². The Kier molecular flexibility index (Phi) is 5.24. The molecule has 0 aliphatic heterocycles. The van der Waals surface area contributed by atoms with Gasteiger partial charge in [0.25, 0.3) is 0 Å². The van der Waals surface area contributed by atoms with Crippen molar-refractivity contribution in [3.63, 3.8) is 0 Å². The summed E-state index contributed by atoms with van der Waals surface area (Å²) in [6.45, 7) is 4.00. The number of amides is 2. The van der Waals surface area contributed by atoms with E-state index in [0.717, 1.165) is 33.6 Å². The van der Waals surface area contributed by atoms with Gasteiger partial charge in [-0.05, 0) is 73.5 Å². The first-order chi connectivity index (χ1) is 16.0. The lowest BCUT2D eigenvalue weighted by atomic mass is 10.1. The molecule has 2 N–H and O–H groups in total. The summed E-state index contributed by atoms with van der Waals surface area (Å²) in [5, 5.41) is 19.0. The van der Waals surface area contributed by atoms with E-state index in [0.29, 0.717) is 17.2 Å². The average Bonchev–Trinajstić information content (AvgIpc) is 3.22. The lowest BCUT2D eigenvalue weighted by molar-refractivity contribution is 0.262. The second-order valence-corrected chi connectivity index (χ2v) is 7.79. The van der Waals surface area contributed by atoms with Gasteiger partial charge in [0.05, 0.1) is 5.69 Å². The van der Waals surface area contributed by atoms with E-state index in [9.17, 15) is 4.79 Å². The van der Waals surface area contributed by atoms with Crippen LogP contribution >= 0.6 is 0 Å². The number of aromatic nitrogens is 5. The predicted molar refractivity (Wildman–Crippen MR) is 128 cm³/mol. The fraction of sp³-hybridized carbons (Fsp3) is 0.0800. The third-order valence-corrected chi connectivity index (χ3v) is 5.08. The van der Waals surface area contributed by atoms with Gasteiger partial charge in [-0.1, -0.05) is 18.2 Å². The van der Waals surface area contributed by atoms with Crippen LogP contribution in [0.2, 0.25) is 0 Å². The second kappa shape index (κ2) is 8.51. The number of benzene rings is 2. The Morgan fingerprint density at radius 2 is 1.61 bits per heavy atom. The van der Waals surface area contributed by atoms with Gasteiger partial charge in [-0.25, -0.2) is 4.79 Å². The average molecular weight is 435 g/mol. The van der Waals surface area contributed by atoms with Crippen molar-refractivity contribution in [2.24, 2.45) is 0 Å². The summed E-state index contributed by atoms with van der Waals surface area (Å²) >= 11 is 0. The molecule has 0 unspecified atom stereocenters. The molecule has 0 bridgehead atoms. The Morgan fingerprint density at radius 1 is 0.818 bits per heavy atom. The highest BCUT2D eigenvalue weighted by atomic mass is 16.2. The minimum atomic E-state index is -0.307. The Balaban J connectivity index is 1.40. The Morgan fingerprint density at radius 3 is 2.39 bits per heavy atom. The fourth-order valence-corrected chi connectivity index (χ4v) is 3.71. The number of hydrogen-bond acceptors (Lipinski definition) is 5. The zero-order valence-corrected chi connectivity index (χ0v) is 18.1. The zero-order chi connectivity index (χ0) is 22.8. The SMILES string of the molecule is Cc1cc(C)cc(NC(=O)Nc2cccc(-c3ccc4nnc(-c5cccnc5)n4n3)c2)c1. The third-order valence-electron chi connectivity index (χ3n) is 5.08. The first-order valence-electron chi connectivity index (χ1n) is 10.4. The Bertz CT molecular complexity index is 1440. The second-order valence-electron chi connectivity index (χ2n) is 7.79. The molecule has 3 heterocycles. The van der Waals surface area contributed by atoms with Crippen molar-refractivity contribution in [1.29, 1.82) is 0 Å². The molecule has 8 heteroatoms. The largest absolute Gasteiger partial charge is 0.323 e. The molecule has 0 saturated carbocycles. The number of rotatable bonds is 4. The summed E-state index contributed by atoms with van der Waals surface area (Å²) in [6.07, 6.45) is 3.43. The van der Waals surface area contributed by atoms with Crippen molar-refractivity contribution >= 4 is 23.1 Å². The lowest BCUT2D eigenvalue weighted by Gasteiger charge is -2.10. The number of hydrogen-bond donors (Lipinski definition) is 2. The van der Waals surface area contributed by atoms with E-state index < -0.39 is 0 Å². The minimum absolute atomic E-state index is 0.307. The van der Waals surface area contributed by atoms with E-state index in [1.165, 1.54) is 0 Å². The number of anilines is 2. The molecule has 0 saturated heterocycles. The van der Waals surface area contributed by atoms with Gasteiger partial charge < -0.3 is 10.6 Å². The van der Waals surface area contributed by atoms with Gasteiger partial charge in [0.1, 0.15) is 0 Å². The first kappa shape index (κ1) is 20.3. The lowest BCUT2D eigenvalue weighted by Crippen LogP contribution is -2.19. The number of carbonyl (C=O) groups excluding carboxylic acids is 1. The number of carbonyl (C=O) groups is 1. The van der Waals surface area contributed by atoms with E-state index in [2.05, 4.69) is 31.9 Å². The molecular formula is C25H21N7O. The van der Waals surface area contributed by atoms with Crippen molar-refractivity contribution in [2.75, 3.05) is 10.6 Å². The molecule has 33 heavy (non-hydrogen) atoms. The van der Waals surface area contributed by atoms with Gasteiger partial charge in [-0.3, -0.25) is 4.98 Å². The van der Waals surface area contributed by atoms with Gasteiger partial charge in [-0.15, -0.1) is 10.2 Å². The van der Waals surface area contributed by atoms with Crippen LogP contribution in [0.3, 0.4) is 0 Å². The highest BCUT2D eigenvalue weighted by Gasteiger charge is 2.12. The molecule has 0 spiro atoms. The smallest absolute Gasteiger partial charge is 0.308 e. The van der Waals surface area contributed by atoms with Crippen LogP contribution in [-0.2, 0) is 0 Å². The molecule has 2 aromatic carbocycles. The molecule has 0 aliphatic rings. The fourth-order valence-electron chi connectivity index (χ4n) is 3.71. The molecule has 0 fully saturated rings. The molecule has 2 amide bonds. The normalized spacial score (nSPS) is 10.8. The van der Waals surface area contributed by atoms with Crippen LogP contribution in [0.5, 0.6) is 0 Å². The molecule has 0 aliphatic carbocycles. The number of nitrogens with one attached hydrogen (secondary N) is 2. The van der Waals surface area contributed by atoms with Crippen molar-refractivity contribution in [3.8, 4) is 22.6 Å². The van der Waals surface area contributed by atoms with E-state index in [-0.39, 0.29) is 6.03 Å². The number of nitrogens with zero attached hydrogens (tertiary/aromatic N) is 5. The van der Waals surface area contributed by atoms with Gasteiger partial charge >= 0.3 is 6.03 Å². The summed E-state index contributed by atoms with van der Waals surface area (Å²) in [5.41, 5.74) is 6.64. The van der Waals surface area contributed by atoms with E-state index in [1.54, 1.807) is 16.9 Å². The molecule has 8 nitrogen and oxygen atoms in total. The number of fused-ring (bicyclic) bond motifs is 1. The predicted octanol–water partition coefficient (Wildman–Crippen LogP) is 5.11. The first-order valence-corrected chi connectivity index (χ1v) is 10.4. The number of pyridine rings is 1. The van der Waals surface area contributed by atoms with Gasteiger partial charge in [0.15, 0.2) is 11.5 Å². The minimum Gasteiger partial charge on any atom is -0.308 e. The van der Waals surface area contributed by atoms with Gasteiger partial charge in [0.2, 0.25) is 0 Å². The number of urea groups is 1. The van der Waals surface area contributed by atoms with Gasteiger partial charge in [0, 0.05) is 34.9 Å². The van der Waals surface area contributed by atoms with Crippen LogP contribution in [0.15, 0.2) is 79.1 Å². The number of aryl methyl sites for hydroxylation is 2. The summed E-state index contributed by atoms with van der Waals surface area (Å²) in [5.74, 6) is 0.613. The third kappa shape index (κ3) is 4.40. The van der Waals surface area contributed by atoms with Crippen LogP contribution in [0, 0.1) is 13.8 Å². The van der Waals surface area contributed by atoms with Crippen molar-refractivity contribution in [1.82, 2.24) is 24.8 Å². The molecule has 5 aromatic rings. The molecule has 0 radical (unpaired) electrons. The quantitative estimate of drug-likeness (QED) is 0.409. The molecule has 162 valence electrons. The highest BCUT2D eigenvalue weighted by molar-refractivity contribution is 6.00. The highest BCUT2D eigenvalue weighted by Crippen LogP contribution is 2.23. The standard InChI is InChI=1S/C25H21N7O/c1-16-11-17(2)13-21(12-16)28-25(33)27-20-7-3-5-18(14-20)22-8-9-23-29-30-24(32(23)31-22)19-6-4-10-26-15-19/h3-15H,1-2H3,(H2,27,28,33). The van der Waals surface area contributed by atoms with Crippen LogP contribution in [0.4, 0.5) is 16.2 Å². The van der Waals surface area contributed by atoms with Crippen molar-refractivity contribution in [2.45, 2.75) is 13.8 Å². The van der Waals surface area contributed by atoms with Crippen LogP contribution < -0.4 is 10.6 Å².